The average molecular weight is 420 g/mol. The van der Waals surface area contributed by atoms with Crippen LogP contribution in [0.15, 0.2) is 35.2 Å². The summed E-state index contributed by atoms with van der Waals surface area (Å²) in [5.41, 5.74) is 6.56. The quantitative estimate of drug-likeness (QED) is 0.706. The fourth-order valence-electron chi connectivity index (χ4n) is 3.24. The molecule has 0 bridgehead atoms. The minimum Gasteiger partial charge on any atom is -0.271 e. The van der Waals surface area contributed by atoms with Gasteiger partial charge in [-0.25, -0.2) is 8.42 Å². The Balaban J connectivity index is 1.57. The number of carbonyl (C=O) groups is 2. The number of rotatable bonds is 5. The minimum absolute atomic E-state index is 0.0209. The van der Waals surface area contributed by atoms with Crippen LogP contribution in [0.25, 0.3) is 0 Å². The van der Waals surface area contributed by atoms with Gasteiger partial charge in [-0.15, -0.1) is 0 Å². The summed E-state index contributed by atoms with van der Waals surface area (Å²) in [6.07, 6.45) is 2.75. The van der Waals surface area contributed by atoms with Crippen LogP contribution in [0.4, 0.5) is 0 Å². The van der Waals surface area contributed by atoms with Crippen molar-refractivity contribution < 1.29 is 18.0 Å². The third-order valence-corrected chi connectivity index (χ3v) is 6.69. The lowest BCUT2D eigenvalue weighted by Crippen LogP contribution is -2.43. The van der Waals surface area contributed by atoms with Crippen LogP contribution in [-0.2, 0) is 21.4 Å². The summed E-state index contributed by atoms with van der Waals surface area (Å²) in [6, 6.07) is 7.54. The van der Waals surface area contributed by atoms with Gasteiger partial charge in [0.2, 0.25) is 10.0 Å². The van der Waals surface area contributed by atoms with Crippen LogP contribution in [0.1, 0.15) is 41.0 Å². The lowest BCUT2D eigenvalue weighted by Gasteiger charge is -2.25. The van der Waals surface area contributed by atoms with E-state index in [1.807, 2.05) is 19.9 Å². The Bertz CT molecular complexity index is 992. The highest BCUT2D eigenvalue weighted by Gasteiger charge is 2.25. The van der Waals surface area contributed by atoms with Gasteiger partial charge in [0, 0.05) is 24.3 Å². The van der Waals surface area contributed by atoms with Crippen molar-refractivity contribution in [3.05, 3.63) is 47.3 Å². The van der Waals surface area contributed by atoms with Gasteiger partial charge < -0.3 is 0 Å². The first-order valence-corrected chi connectivity index (χ1v) is 10.9. The van der Waals surface area contributed by atoms with Crippen LogP contribution in [0.3, 0.4) is 0 Å². The first kappa shape index (κ1) is 21.0. The molecule has 0 atom stereocenters. The van der Waals surface area contributed by atoms with Crippen molar-refractivity contribution in [2.24, 2.45) is 0 Å². The highest BCUT2D eigenvalue weighted by atomic mass is 32.2. The van der Waals surface area contributed by atoms with Crippen LogP contribution >= 0.6 is 0 Å². The Morgan fingerprint density at radius 1 is 1.03 bits per heavy atom. The Kier molecular flexibility index (Phi) is 6.33. The third kappa shape index (κ3) is 5.01. The van der Waals surface area contributed by atoms with Gasteiger partial charge in [0.1, 0.15) is 6.54 Å². The zero-order valence-corrected chi connectivity index (χ0v) is 17.3. The van der Waals surface area contributed by atoms with Gasteiger partial charge >= 0.3 is 0 Å². The number of hydrogen-bond donors (Lipinski definition) is 2. The maximum absolute atomic E-state index is 12.6. The van der Waals surface area contributed by atoms with E-state index < -0.39 is 21.8 Å². The fraction of sp³-hybridized carbons (Fsp3) is 0.421. The number of piperidine rings is 1. The molecule has 0 aliphatic carbocycles. The van der Waals surface area contributed by atoms with Gasteiger partial charge in [-0.2, -0.15) is 9.40 Å². The van der Waals surface area contributed by atoms with Gasteiger partial charge in [0.05, 0.1) is 10.6 Å². The topological polar surface area (TPSA) is 113 Å². The molecule has 29 heavy (non-hydrogen) atoms. The molecule has 2 heterocycles. The predicted octanol–water partition coefficient (Wildman–Crippen LogP) is 1.14. The standard InChI is InChI=1S/C19H25N5O4S/c1-14-12-15(2)24(22-14)13-18(25)20-21-19(26)16-6-8-17(9-7-16)29(27,28)23-10-4-3-5-11-23/h6-9,12H,3-5,10-11,13H2,1-2H3,(H,20,25)(H,21,26). The molecule has 0 saturated carbocycles. The Labute approximate surface area is 170 Å². The number of carbonyl (C=O) groups excluding carboxylic acids is 2. The number of benzene rings is 1. The molecular formula is C19H25N5O4S. The zero-order chi connectivity index (χ0) is 21.0. The zero-order valence-electron chi connectivity index (χ0n) is 16.5. The summed E-state index contributed by atoms with van der Waals surface area (Å²) in [5.74, 6) is -0.956. The van der Waals surface area contributed by atoms with Crippen LogP contribution in [-0.4, -0.2) is 47.4 Å². The summed E-state index contributed by atoms with van der Waals surface area (Å²) in [7, 11) is -3.54. The van der Waals surface area contributed by atoms with E-state index in [4.69, 9.17) is 0 Å². The van der Waals surface area contributed by atoms with Crippen molar-refractivity contribution in [2.45, 2.75) is 44.6 Å². The van der Waals surface area contributed by atoms with Gasteiger partial charge in [-0.1, -0.05) is 6.42 Å². The van der Waals surface area contributed by atoms with E-state index in [0.717, 1.165) is 30.7 Å². The van der Waals surface area contributed by atoms with Gasteiger partial charge in [-0.3, -0.25) is 25.1 Å². The molecule has 1 aliphatic heterocycles. The highest BCUT2D eigenvalue weighted by Crippen LogP contribution is 2.20. The third-order valence-electron chi connectivity index (χ3n) is 4.78. The number of hydrogen-bond acceptors (Lipinski definition) is 5. The molecule has 2 aromatic rings. The number of aryl methyl sites for hydroxylation is 2. The maximum atomic E-state index is 12.6. The number of sulfonamides is 1. The lowest BCUT2D eigenvalue weighted by molar-refractivity contribution is -0.122. The summed E-state index contributed by atoms with van der Waals surface area (Å²) in [4.78, 5) is 24.4. The van der Waals surface area contributed by atoms with E-state index in [1.54, 1.807) is 0 Å². The fourth-order valence-corrected chi connectivity index (χ4v) is 4.76. The molecule has 0 spiro atoms. The van der Waals surface area contributed by atoms with Crippen LogP contribution in [0.2, 0.25) is 0 Å². The van der Waals surface area contributed by atoms with E-state index in [9.17, 15) is 18.0 Å². The minimum atomic E-state index is -3.54. The van der Waals surface area contributed by atoms with Crippen molar-refractivity contribution in [3.8, 4) is 0 Å². The van der Waals surface area contributed by atoms with E-state index >= 15 is 0 Å². The van der Waals surface area contributed by atoms with Gasteiger partial charge in [-0.05, 0) is 57.0 Å². The summed E-state index contributed by atoms with van der Waals surface area (Å²) >= 11 is 0. The largest absolute Gasteiger partial charge is 0.271 e. The van der Waals surface area contributed by atoms with Crippen molar-refractivity contribution in [1.82, 2.24) is 24.9 Å². The molecule has 1 fully saturated rings. The van der Waals surface area contributed by atoms with Crippen molar-refractivity contribution in [3.63, 3.8) is 0 Å². The smallest absolute Gasteiger partial charge is 0.269 e. The van der Waals surface area contributed by atoms with Crippen molar-refractivity contribution in [2.75, 3.05) is 13.1 Å². The molecule has 156 valence electrons. The highest BCUT2D eigenvalue weighted by molar-refractivity contribution is 7.89. The van der Waals surface area contributed by atoms with Crippen molar-refractivity contribution >= 4 is 21.8 Å². The molecular weight excluding hydrogens is 394 g/mol. The molecule has 1 aromatic heterocycles. The Morgan fingerprint density at radius 2 is 1.69 bits per heavy atom. The molecule has 1 aromatic carbocycles. The monoisotopic (exact) mass is 419 g/mol. The average Bonchev–Trinajstić information content (AvgIpc) is 3.03. The van der Waals surface area contributed by atoms with Gasteiger partial charge in [0.15, 0.2) is 0 Å². The molecule has 10 heteroatoms. The number of aromatic nitrogens is 2. The van der Waals surface area contributed by atoms with E-state index in [1.165, 1.54) is 33.3 Å². The maximum Gasteiger partial charge on any atom is 0.269 e. The molecule has 0 unspecified atom stereocenters. The summed E-state index contributed by atoms with van der Waals surface area (Å²) in [5, 5.41) is 4.19. The molecule has 2 N–H and O–H groups in total. The van der Waals surface area contributed by atoms with E-state index in [-0.39, 0.29) is 17.0 Å². The predicted molar refractivity (Wildman–Crippen MR) is 106 cm³/mol. The Hall–Kier alpha value is -2.72. The first-order chi connectivity index (χ1) is 13.8. The molecule has 9 nitrogen and oxygen atoms in total. The normalized spacial score (nSPS) is 15.1. The molecule has 1 saturated heterocycles. The second-order valence-electron chi connectivity index (χ2n) is 7.08. The second-order valence-corrected chi connectivity index (χ2v) is 9.01. The summed E-state index contributed by atoms with van der Waals surface area (Å²) < 4.78 is 28.3. The van der Waals surface area contributed by atoms with E-state index in [2.05, 4.69) is 16.0 Å². The van der Waals surface area contributed by atoms with Gasteiger partial charge in [0.25, 0.3) is 11.8 Å². The number of hydrazine groups is 1. The van der Waals surface area contributed by atoms with Crippen LogP contribution in [0, 0.1) is 13.8 Å². The molecule has 3 rings (SSSR count). The molecule has 0 radical (unpaired) electrons. The van der Waals surface area contributed by atoms with Crippen LogP contribution in [0.5, 0.6) is 0 Å². The molecule has 2 amide bonds. The summed E-state index contributed by atoms with van der Waals surface area (Å²) in [6.45, 7) is 4.69. The van der Waals surface area contributed by atoms with Crippen LogP contribution < -0.4 is 10.9 Å². The molecule has 1 aliphatic rings. The SMILES string of the molecule is Cc1cc(C)n(CC(=O)NNC(=O)c2ccc(S(=O)(=O)N3CCCCC3)cc2)n1. The van der Waals surface area contributed by atoms with E-state index in [0.29, 0.717) is 13.1 Å². The van der Waals surface area contributed by atoms with Crippen molar-refractivity contribution in [1.29, 1.82) is 0 Å². The first-order valence-electron chi connectivity index (χ1n) is 9.48. The number of nitrogens with one attached hydrogen (secondary N) is 2. The Morgan fingerprint density at radius 3 is 2.28 bits per heavy atom. The number of amides is 2. The lowest BCUT2D eigenvalue weighted by atomic mass is 10.2. The second kappa shape index (κ2) is 8.75. The number of nitrogens with zero attached hydrogens (tertiary/aromatic N) is 3.